The maximum atomic E-state index is 14.5. The molecule has 1 amide bonds. The summed E-state index contributed by atoms with van der Waals surface area (Å²) in [4.78, 5) is 12.5. The molecule has 36 heavy (non-hydrogen) atoms. The molecule has 0 saturated carbocycles. The summed E-state index contributed by atoms with van der Waals surface area (Å²) in [5, 5.41) is 1.71. The minimum atomic E-state index is -4.18. The largest absolute Gasteiger partial charge is 0.331 e. The van der Waals surface area contributed by atoms with Gasteiger partial charge in [0.1, 0.15) is 14.4 Å². The predicted molar refractivity (Wildman–Crippen MR) is 154 cm³/mol. The van der Waals surface area contributed by atoms with Crippen molar-refractivity contribution in [2.45, 2.75) is 17.7 Å². The first-order valence-electron chi connectivity index (χ1n) is 9.99. The molecule has 0 bridgehead atoms. The van der Waals surface area contributed by atoms with Crippen molar-refractivity contribution in [1.29, 1.82) is 0 Å². The number of carbonyl (C=O) groups excluding carboxylic acids is 1. The summed E-state index contributed by atoms with van der Waals surface area (Å²) in [5.41, 5.74) is 2.69. The van der Waals surface area contributed by atoms with Crippen LogP contribution in [-0.2, 0) is 21.4 Å². The lowest BCUT2D eigenvalue weighted by Crippen LogP contribution is -2.28. The topological polar surface area (TPSA) is 68.2 Å². The van der Waals surface area contributed by atoms with E-state index >= 15 is 0 Å². The van der Waals surface area contributed by atoms with Crippen molar-refractivity contribution < 1.29 is 17.6 Å². The van der Waals surface area contributed by atoms with Gasteiger partial charge >= 0.3 is 0 Å². The zero-order valence-electron chi connectivity index (χ0n) is 18.1. The van der Waals surface area contributed by atoms with Crippen LogP contribution in [0.4, 0.5) is 4.39 Å². The first-order chi connectivity index (χ1) is 16.9. The Kier molecular flexibility index (Phi) is 8.31. The number of hydrogen-bond donors (Lipinski definition) is 1. The average Bonchev–Trinajstić information content (AvgIpc) is 3.25. The van der Waals surface area contributed by atoms with E-state index in [9.17, 15) is 17.6 Å². The summed E-state index contributed by atoms with van der Waals surface area (Å²) in [6.45, 7) is 2.24. The lowest BCUT2D eigenvalue weighted by molar-refractivity contribution is -0.114. The predicted octanol–water partition coefficient (Wildman–Crippen LogP) is 7.94. The monoisotopic (exact) mass is 716 g/mol. The Balaban J connectivity index is 1.72. The van der Waals surface area contributed by atoms with Gasteiger partial charge in [-0.1, -0.05) is 52.5 Å². The number of nitrogens with one attached hydrogen (secondary N) is 1. The van der Waals surface area contributed by atoms with E-state index in [1.807, 2.05) is 22.3 Å². The molecular formula is C23H14Cl4FIN2O3S2. The molecule has 0 fully saturated rings. The smallest absolute Gasteiger partial charge is 0.273 e. The molecule has 0 aliphatic carbocycles. The number of thiophene rings is 1. The van der Waals surface area contributed by atoms with Gasteiger partial charge in [0.15, 0.2) is 0 Å². The fourth-order valence-electron chi connectivity index (χ4n) is 3.56. The number of amides is 1. The van der Waals surface area contributed by atoms with Gasteiger partial charge in [-0.15, -0.1) is 11.3 Å². The average molecular weight is 718 g/mol. The van der Waals surface area contributed by atoms with Crippen molar-refractivity contribution in [1.82, 2.24) is 9.29 Å². The fourth-order valence-corrected chi connectivity index (χ4v) is 7.55. The van der Waals surface area contributed by atoms with Gasteiger partial charge < -0.3 is 4.57 Å². The van der Waals surface area contributed by atoms with Gasteiger partial charge in [0.05, 0.1) is 20.8 Å². The second kappa shape index (κ2) is 10.8. The molecule has 0 spiro atoms. The van der Waals surface area contributed by atoms with Crippen LogP contribution in [0, 0.1) is 16.4 Å². The van der Waals surface area contributed by atoms with E-state index in [0.29, 0.717) is 33.1 Å². The number of nitrogens with zero attached hydrogens (tertiary/aromatic N) is 1. The number of aryl methyl sites for hydroxylation is 1. The van der Waals surface area contributed by atoms with Gasteiger partial charge in [-0.2, -0.15) is 0 Å². The van der Waals surface area contributed by atoms with Crippen molar-refractivity contribution in [3.05, 3.63) is 88.1 Å². The van der Waals surface area contributed by atoms with Gasteiger partial charge in [-0.3, -0.25) is 4.79 Å². The molecule has 0 aliphatic rings. The summed E-state index contributed by atoms with van der Waals surface area (Å²) < 4.78 is 44.1. The Morgan fingerprint density at radius 2 is 1.86 bits per heavy atom. The van der Waals surface area contributed by atoms with Crippen molar-refractivity contribution in [2.24, 2.45) is 0 Å². The van der Waals surface area contributed by atoms with Gasteiger partial charge in [0, 0.05) is 27.1 Å². The van der Waals surface area contributed by atoms with E-state index < -0.39 is 21.7 Å². The van der Waals surface area contributed by atoms with Crippen LogP contribution in [0.15, 0.2) is 46.7 Å². The van der Waals surface area contributed by atoms with Crippen molar-refractivity contribution >= 4 is 113 Å². The van der Waals surface area contributed by atoms with Crippen LogP contribution in [0.1, 0.15) is 16.7 Å². The number of hydrogen-bond acceptors (Lipinski definition) is 4. The molecule has 2 aromatic heterocycles. The molecule has 1 N–H and O–H groups in total. The molecule has 0 radical (unpaired) electrons. The van der Waals surface area contributed by atoms with Gasteiger partial charge in [-0.25, -0.2) is 17.5 Å². The SMILES string of the molecule is Cc1c(I)n(Cc2ccc(Cl)cc2Cl)c2c(C=CC(=O)NS(=O)(=O)c3cc(Cl)c(Cl)s3)cc(F)cc12. The van der Waals surface area contributed by atoms with Crippen molar-refractivity contribution in [3.63, 3.8) is 0 Å². The molecule has 0 unspecified atom stereocenters. The zero-order valence-corrected chi connectivity index (χ0v) is 24.9. The Morgan fingerprint density at radius 3 is 2.50 bits per heavy atom. The highest BCUT2D eigenvalue weighted by molar-refractivity contribution is 14.1. The lowest BCUT2D eigenvalue weighted by Gasteiger charge is -2.12. The van der Waals surface area contributed by atoms with Crippen LogP contribution in [0.2, 0.25) is 19.4 Å². The van der Waals surface area contributed by atoms with Crippen LogP contribution in [0.5, 0.6) is 0 Å². The Hall–Kier alpha value is -1.34. The van der Waals surface area contributed by atoms with E-state index in [4.69, 9.17) is 46.4 Å². The van der Waals surface area contributed by atoms with Gasteiger partial charge in [-0.05, 0) is 77.0 Å². The molecular weight excluding hydrogens is 704 g/mol. The number of benzene rings is 2. The first-order valence-corrected chi connectivity index (χ1v) is 14.9. The van der Waals surface area contributed by atoms with E-state index in [2.05, 4.69) is 22.6 Å². The summed E-state index contributed by atoms with van der Waals surface area (Å²) in [6.07, 6.45) is 2.39. The number of carbonyl (C=O) groups is 1. The standard InChI is InChI=1S/C23H14Cl4FIN2O3S2/c1-11-16-8-15(28)6-12(3-5-19(32)30-36(33,34)20-9-18(26)22(27)35-20)21(16)31(23(11)29)10-13-2-4-14(24)7-17(13)25/h2-9H,10H2,1H3,(H,30,32). The minimum Gasteiger partial charge on any atom is -0.331 e. The van der Waals surface area contributed by atoms with Gasteiger partial charge in [0.2, 0.25) is 0 Å². The van der Waals surface area contributed by atoms with Crippen LogP contribution in [0.25, 0.3) is 17.0 Å². The number of sulfonamides is 1. The van der Waals surface area contributed by atoms with Crippen LogP contribution < -0.4 is 4.72 Å². The number of rotatable bonds is 6. The molecule has 0 aliphatic heterocycles. The molecule has 2 heterocycles. The number of halogens is 6. The van der Waals surface area contributed by atoms with Crippen molar-refractivity contribution in [2.75, 3.05) is 0 Å². The molecule has 0 atom stereocenters. The highest BCUT2D eigenvalue weighted by atomic mass is 127. The number of aromatic nitrogens is 1. The highest BCUT2D eigenvalue weighted by Gasteiger charge is 2.21. The molecule has 2 aromatic carbocycles. The Labute approximate surface area is 244 Å². The third-order valence-electron chi connectivity index (χ3n) is 5.20. The molecule has 0 saturated heterocycles. The maximum absolute atomic E-state index is 14.5. The van der Waals surface area contributed by atoms with Gasteiger partial charge in [0.25, 0.3) is 15.9 Å². The van der Waals surface area contributed by atoms with Crippen LogP contribution in [-0.4, -0.2) is 18.9 Å². The Morgan fingerprint density at radius 1 is 1.14 bits per heavy atom. The second-order valence-electron chi connectivity index (χ2n) is 7.62. The van der Waals surface area contributed by atoms with Crippen molar-refractivity contribution in [3.8, 4) is 0 Å². The Bertz CT molecular complexity index is 1650. The quantitative estimate of drug-likeness (QED) is 0.163. The molecule has 188 valence electrons. The normalized spacial score (nSPS) is 12.1. The van der Waals surface area contributed by atoms with E-state index in [-0.39, 0.29) is 13.6 Å². The third-order valence-corrected chi connectivity index (χ3v) is 10.9. The fraction of sp³-hybridized carbons (Fsp3) is 0.0870. The summed E-state index contributed by atoms with van der Waals surface area (Å²) in [5.74, 6) is -1.42. The molecule has 5 nitrogen and oxygen atoms in total. The number of fused-ring (bicyclic) bond motifs is 1. The minimum absolute atomic E-state index is 0.0683. The summed E-state index contributed by atoms with van der Waals surface area (Å²) in [7, 11) is -4.18. The lowest BCUT2D eigenvalue weighted by atomic mass is 10.1. The first kappa shape index (κ1) is 27.7. The van der Waals surface area contributed by atoms with Crippen LogP contribution in [0.3, 0.4) is 0 Å². The molecule has 4 aromatic rings. The summed E-state index contributed by atoms with van der Waals surface area (Å²) in [6, 6.07) is 9.02. The zero-order chi connectivity index (χ0) is 26.4. The third kappa shape index (κ3) is 5.72. The molecule has 4 rings (SSSR count). The second-order valence-corrected chi connectivity index (χ2v) is 13.5. The maximum Gasteiger partial charge on any atom is 0.273 e. The van der Waals surface area contributed by atoms with E-state index in [0.717, 1.165) is 38.3 Å². The molecule has 13 heteroatoms. The highest BCUT2D eigenvalue weighted by Crippen LogP contribution is 2.35. The summed E-state index contributed by atoms with van der Waals surface area (Å²) >= 11 is 27.0. The van der Waals surface area contributed by atoms with Crippen LogP contribution >= 0.6 is 80.3 Å². The van der Waals surface area contributed by atoms with E-state index in [1.165, 1.54) is 18.2 Å². The van der Waals surface area contributed by atoms with E-state index in [1.54, 1.807) is 12.1 Å².